The number of likely N-dealkylation sites (tertiary alicyclic amines) is 1. The van der Waals surface area contributed by atoms with E-state index in [4.69, 9.17) is 4.74 Å². The molecule has 1 saturated carbocycles. The van der Waals surface area contributed by atoms with Gasteiger partial charge in [-0.15, -0.1) is 0 Å². The van der Waals surface area contributed by atoms with Gasteiger partial charge in [0.2, 0.25) is 0 Å². The van der Waals surface area contributed by atoms with Crippen molar-refractivity contribution in [2.45, 2.75) is 77.5 Å². The van der Waals surface area contributed by atoms with Crippen LogP contribution < -0.4 is 5.32 Å². The number of rotatable bonds is 5. The Morgan fingerprint density at radius 1 is 1.30 bits per heavy atom. The fourth-order valence-electron chi connectivity index (χ4n) is 3.90. The summed E-state index contributed by atoms with van der Waals surface area (Å²) in [5.74, 6) is 0.790. The average molecular weight is 326 g/mol. The second-order valence-corrected chi connectivity index (χ2v) is 8.28. The lowest BCUT2D eigenvalue weighted by atomic mass is 9.92. The van der Waals surface area contributed by atoms with Crippen molar-refractivity contribution >= 4 is 6.09 Å². The van der Waals surface area contributed by atoms with Crippen LogP contribution in [0.1, 0.15) is 59.8 Å². The lowest BCUT2D eigenvalue weighted by Crippen LogP contribution is -2.48. The standard InChI is InChI=1S/C18H34N2O3/c1-13(12-21)11-19-15-8-5-7-14(15)16-9-6-10-20(16)17(22)23-18(2,3)4/h13-16,19,21H,5-12H2,1-4H3. The predicted octanol–water partition coefficient (Wildman–Crippen LogP) is 2.77. The maximum absolute atomic E-state index is 12.5. The molecule has 2 fully saturated rings. The molecule has 134 valence electrons. The third-order valence-corrected chi connectivity index (χ3v) is 5.03. The fraction of sp³-hybridized carbons (Fsp3) is 0.944. The zero-order chi connectivity index (χ0) is 17.0. The van der Waals surface area contributed by atoms with Gasteiger partial charge in [0.1, 0.15) is 5.60 Å². The molecule has 23 heavy (non-hydrogen) atoms. The summed E-state index contributed by atoms with van der Waals surface area (Å²) in [5, 5.41) is 12.8. The quantitative estimate of drug-likeness (QED) is 0.815. The van der Waals surface area contributed by atoms with Crippen LogP contribution in [0.25, 0.3) is 0 Å². The number of aliphatic hydroxyl groups excluding tert-OH is 1. The highest BCUT2D eigenvalue weighted by Gasteiger charge is 2.41. The number of carbonyl (C=O) groups is 1. The van der Waals surface area contributed by atoms with Crippen LogP contribution in [0.15, 0.2) is 0 Å². The monoisotopic (exact) mass is 326 g/mol. The highest BCUT2D eigenvalue weighted by atomic mass is 16.6. The summed E-state index contributed by atoms with van der Waals surface area (Å²) in [7, 11) is 0. The number of amides is 1. The van der Waals surface area contributed by atoms with E-state index in [1.165, 1.54) is 19.3 Å². The first-order valence-electron chi connectivity index (χ1n) is 9.15. The van der Waals surface area contributed by atoms with Crippen molar-refractivity contribution in [2.24, 2.45) is 11.8 Å². The normalized spacial score (nSPS) is 29.8. The summed E-state index contributed by atoms with van der Waals surface area (Å²) < 4.78 is 5.60. The molecule has 4 unspecified atom stereocenters. The van der Waals surface area contributed by atoms with E-state index in [9.17, 15) is 9.90 Å². The molecule has 0 radical (unpaired) electrons. The molecule has 1 aliphatic heterocycles. The number of ether oxygens (including phenoxy) is 1. The van der Waals surface area contributed by atoms with E-state index in [1.54, 1.807) is 0 Å². The van der Waals surface area contributed by atoms with Crippen molar-refractivity contribution in [1.82, 2.24) is 10.2 Å². The van der Waals surface area contributed by atoms with Gasteiger partial charge in [-0.25, -0.2) is 4.79 Å². The summed E-state index contributed by atoms with van der Waals surface area (Å²) in [6.07, 6.45) is 5.55. The molecule has 1 saturated heterocycles. The Morgan fingerprint density at radius 2 is 2.04 bits per heavy atom. The van der Waals surface area contributed by atoms with Crippen LogP contribution in [0, 0.1) is 11.8 Å². The number of carbonyl (C=O) groups excluding carboxylic acids is 1. The maximum Gasteiger partial charge on any atom is 0.410 e. The van der Waals surface area contributed by atoms with E-state index >= 15 is 0 Å². The molecular formula is C18H34N2O3. The highest BCUT2D eigenvalue weighted by molar-refractivity contribution is 5.69. The molecule has 5 heteroatoms. The van der Waals surface area contributed by atoms with Crippen molar-refractivity contribution in [3.63, 3.8) is 0 Å². The summed E-state index contributed by atoms with van der Waals surface area (Å²) in [5.41, 5.74) is -0.436. The van der Waals surface area contributed by atoms with Gasteiger partial charge in [0.15, 0.2) is 0 Å². The van der Waals surface area contributed by atoms with Gasteiger partial charge in [-0.05, 0) is 58.3 Å². The number of nitrogens with zero attached hydrogens (tertiary/aromatic N) is 1. The van der Waals surface area contributed by atoms with Gasteiger partial charge in [0, 0.05) is 31.8 Å². The topological polar surface area (TPSA) is 61.8 Å². The van der Waals surface area contributed by atoms with Gasteiger partial charge in [0.05, 0.1) is 0 Å². The zero-order valence-electron chi connectivity index (χ0n) is 15.2. The van der Waals surface area contributed by atoms with Crippen LogP contribution in [0.5, 0.6) is 0 Å². The maximum atomic E-state index is 12.5. The molecule has 0 aromatic heterocycles. The zero-order valence-corrected chi connectivity index (χ0v) is 15.2. The van der Waals surface area contributed by atoms with Gasteiger partial charge >= 0.3 is 6.09 Å². The number of hydrogen-bond donors (Lipinski definition) is 2. The van der Waals surface area contributed by atoms with Crippen LogP contribution >= 0.6 is 0 Å². The lowest BCUT2D eigenvalue weighted by molar-refractivity contribution is 0.0166. The number of aliphatic hydroxyl groups is 1. The van der Waals surface area contributed by atoms with E-state index in [2.05, 4.69) is 12.2 Å². The van der Waals surface area contributed by atoms with Crippen molar-refractivity contribution in [1.29, 1.82) is 0 Å². The van der Waals surface area contributed by atoms with Gasteiger partial charge < -0.3 is 20.1 Å². The van der Waals surface area contributed by atoms with Crippen LogP contribution in [-0.2, 0) is 4.74 Å². The molecule has 2 rings (SSSR count). The summed E-state index contributed by atoms with van der Waals surface area (Å²) in [4.78, 5) is 14.5. The van der Waals surface area contributed by atoms with Crippen molar-refractivity contribution in [3.8, 4) is 0 Å². The number of hydrogen-bond acceptors (Lipinski definition) is 4. The Hall–Kier alpha value is -0.810. The Labute approximate surface area is 140 Å². The largest absolute Gasteiger partial charge is 0.444 e. The lowest BCUT2D eigenvalue weighted by Gasteiger charge is -2.34. The van der Waals surface area contributed by atoms with Crippen molar-refractivity contribution in [3.05, 3.63) is 0 Å². The van der Waals surface area contributed by atoms with E-state index < -0.39 is 5.60 Å². The molecule has 1 heterocycles. The Balaban J connectivity index is 1.96. The second-order valence-electron chi connectivity index (χ2n) is 8.28. The van der Waals surface area contributed by atoms with E-state index in [0.717, 1.165) is 25.9 Å². The van der Waals surface area contributed by atoms with Crippen LogP contribution in [0.4, 0.5) is 4.79 Å². The third-order valence-electron chi connectivity index (χ3n) is 5.03. The van der Waals surface area contributed by atoms with Crippen molar-refractivity contribution in [2.75, 3.05) is 19.7 Å². The van der Waals surface area contributed by atoms with Gasteiger partial charge in [-0.3, -0.25) is 0 Å². The van der Waals surface area contributed by atoms with E-state index in [0.29, 0.717) is 18.0 Å². The Kier molecular flexibility index (Phi) is 6.32. The fourth-order valence-corrected chi connectivity index (χ4v) is 3.90. The molecular weight excluding hydrogens is 292 g/mol. The SMILES string of the molecule is CC(CO)CNC1CCCC1C1CCCN1C(=O)OC(C)(C)C. The first kappa shape index (κ1) is 18.5. The first-order valence-corrected chi connectivity index (χ1v) is 9.15. The summed E-state index contributed by atoms with van der Waals surface area (Å²) in [6, 6.07) is 0.756. The molecule has 0 aromatic carbocycles. The minimum Gasteiger partial charge on any atom is -0.444 e. The van der Waals surface area contributed by atoms with Crippen molar-refractivity contribution < 1.29 is 14.6 Å². The first-order chi connectivity index (χ1) is 10.8. The minimum atomic E-state index is -0.436. The molecule has 1 aliphatic carbocycles. The van der Waals surface area contributed by atoms with Gasteiger partial charge in [-0.2, -0.15) is 0 Å². The molecule has 2 aliphatic rings. The van der Waals surface area contributed by atoms with Gasteiger partial charge in [0.25, 0.3) is 0 Å². The van der Waals surface area contributed by atoms with E-state index in [1.807, 2.05) is 25.7 Å². The predicted molar refractivity (Wildman–Crippen MR) is 91.3 cm³/mol. The summed E-state index contributed by atoms with van der Waals surface area (Å²) >= 11 is 0. The average Bonchev–Trinajstić information content (AvgIpc) is 3.10. The molecule has 1 amide bonds. The Morgan fingerprint density at radius 3 is 2.70 bits per heavy atom. The van der Waals surface area contributed by atoms with Crippen LogP contribution in [-0.4, -0.2) is 53.5 Å². The Bertz CT molecular complexity index is 394. The molecule has 5 nitrogen and oxygen atoms in total. The van der Waals surface area contributed by atoms with E-state index in [-0.39, 0.29) is 18.6 Å². The minimum absolute atomic E-state index is 0.158. The third kappa shape index (κ3) is 5.08. The molecule has 2 N–H and O–H groups in total. The molecule has 0 bridgehead atoms. The highest BCUT2D eigenvalue weighted by Crippen LogP contribution is 2.36. The smallest absolute Gasteiger partial charge is 0.410 e. The molecule has 0 spiro atoms. The number of nitrogens with one attached hydrogen (secondary N) is 1. The summed E-state index contributed by atoms with van der Waals surface area (Å²) in [6.45, 7) is 9.70. The molecule has 0 aromatic rings. The second kappa shape index (κ2) is 7.84. The van der Waals surface area contributed by atoms with Crippen LogP contribution in [0.3, 0.4) is 0 Å². The van der Waals surface area contributed by atoms with Crippen LogP contribution in [0.2, 0.25) is 0 Å². The van der Waals surface area contributed by atoms with Gasteiger partial charge in [-0.1, -0.05) is 13.3 Å². The molecule has 4 atom stereocenters.